The van der Waals surface area contributed by atoms with E-state index in [0.29, 0.717) is 6.42 Å². The predicted octanol–water partition coefficient (Wildman–Crippen LogP) is 3.48. The summed E-state index contributed by atoms with van der Waals surface area (Å²) in [5, 5.41) is 5.98. The molecule has 0 aromatic carbocycles. The number of hydrogen-bond acceptors (Lipinski definition) is 3. The minimum Gasteiger partial charge on any atom is -0.273 e. The van der Waals surface area contributed by atoms with E-state index >= 15 is 0 Å². The average Bonchev–Trinajstić information content (AvgIpc) is 2.71. The molecule has 17 heavy (non-hydrogen) atoms. The molecule has 3 nitrogen and oxygen atoms in total. The van der Waals surface area contributed by atoms with Crippen LogP contribution in [0.15, 0.2) is 16.5 Å². The van der Waals surface area contributed by atoms with Crippen molar-refractivity contribution >= 4 is 23.5 Å². The molecule has 0 radical (unpaired) electrons. The predicted molar refractivity (Wildman–Crippen MR) is 73.6 cm³/mol. The third-order valence-corrected chi connectivity index (χ3v) is 3.48. The van der Waals surface area contributed by atoms with E-state index in [-0.39, 0.29) is 5.91 Å². The summed E-state index contributed by atoms with van der Waals surface area (Å²) in [6.45, 7) is 4.19. The van der Waals surface area contributed by atoms with Gasteiger partial charge < -0.3 is 0 Å². The van der Waals surface area contributed by atoms with Gasteiger partial charge in [0, 0.05) is 11.3 Å². The molecule has 1 aromatic rings. The Hall–Kier alpha value is -1.16. The third-order valence-electron chi connectivity index (χ3n) is 2.53. The molecule has 1 amide bonds. The summed E-state index contributed by atoms with van der Waals surface area (Å²) >= 11 is 1.63. The first-order valence-electron chi connectivity index (χ1n) is 6.10. The molecule has 1 N–H and O–H groups in total. The van der Waals surface area contributed by atoms with Crippen LogP contribution in [0.4, 0.5) is 0 Å². The second-order valence-electron chi connectivity index (χ2n) is 4.07. The van der Waals surface area contributed by atoms with Crippen LogP contribution in [0.1, 0.15) is 49.5 Å². The Morgan fingerprint density at radius 1 is 1.47 bits per heavy atom. The van der Waals surface area contributed by atoms with Crippen LogP contribution in [0, 0.1) is 6.92 Å². The zero-order valence-electron chi connectivity index (χ0n) is 10.5. The van der Waals surface area contributed by atoms with Crippen molar-refractivity contribution in [3.05, 3.63) is 21.9 Å². The van der Waals surface area contributed by atoms with Gasteiger partial charge in [0.2, 0.25) is 5.91 Å². The highest BCUT2D eigenvalue weighted by atomic mass is 32.1. The molecule has 94 valence electrons. The summed E-state index contributed by atoms with van der Waals surface area (Å²) in [6.07, 6.45) is 6.75. The Morgan fingerprint density at radius 3 is 2.94 bits per heavy atom. The van der Waals surface area contributed by atoms with Crippen molar-refractivity contribution in [3.8, 4) is 0 Å². The van der Waals surface area contributed by atoms with Crippen molar-refractivity contribution in [1.82, 2.24) is 5.43 Å². The molecule has 0 unspecified atom stereocenters. The molecule has 0 bridgehead atoms. The smallest absolute Gasteiger partial charge is 0.240 e. The quantitative estimate of drug-likeness (QED) is 0.450. The number of hydrogen-bond donors (Lipinski definition) is 1. The normalized spacial score (nSPS) is 10.9. The Morgan fingerprint density at radius 2 is 2.29 bits per heavy atom. The molecule has 0 aliphatic carbocycles. The highest BCUT2D eigenvalue weighted by Crippen LogP contribution is 2.12. The minimum atomic E-state index is 0.00608. The second-order valence-corrected chi connectivity index (χ2v) is 5.02. The maximum atomic E-state index is 11.4. The van der Waals surface area contributed by atoms with Gasteiger partial charge in [0.05, 0.1) is 6.21 Å². The van der Waals surface area contributed by atoms with Crippen molar-refractivity contribution in [3.63, 3.8) is 0 Å². The Bertz CT molecular complexity index is 371. The SMILES string of the molecule is CCCCCCC(=O)N/N=C/c1sccc1C. The molecule has 0 saturated heterocycles. The molecule has 1 aromatic heterocycles. The van der Waals surface area contributed by atoms with Crippen molar-refractivity contribution < 1.29 is 4.79 Å². The highest BCUT2D eigenvalue weighted by molar-refractivity contribution is 7.11. The molecule has 1 heterocycles. The summed E-state index contributed by atoms with van der Waals surface area (Å²) in [5.74, 6) is 0.00608. The number of unbranched alkanes of at least 4 members (excludes halogenated alkanes) is 3. The summed E-state index contributed by atoms with van der Waals surface area (Å²) in [5.41, 5.74) is 3.75. The van der Waals surface area contributed by atoms with Crippen LogP contribution in [0.25, 0.3) is 0 Å². The van der Waals surface area contributed by atoms with Crippen LogP contribution in [0.3, 0.4) is 0 Å². The largest absolute Gasteiger partial charge is 0.273 e. The van der Waals surface area contributed by atoms with Gasteiger partial charge in [-0.15, -0.1) is 11.3 Å². The standard InChI is InChI=1S/C13H20N2OS/c1-3-4-5-6-7-13(16)15-14-10-12-11(2)8-9-17-12/h8-10H,3-7H2,1-2H3,(H,15,16)/b14-10+. The number of hydrazone groups is 1. The number of amides is 1. The first-order valence-corrected chi connectivity index (χ1v) is 6.98. The van der Waals surface area contributed by atoms with E-state index < -0.39 is 0 Å². The number of aryl methyl sites for hydroxylation is 1. The Balaban J connectivity index is 2.19. The van der Waals surface area contributed by atoms with Crippen LogP contribution in [-0.2, 0) is 4.79 Å². The van der Waals surface area contributed by atoms with Crippen LogP contribution in [0.2, 0.25) is 0 Å². The van der Waals surface area contributed by atoms with Crippen LogP contribution < -0.4 is 5.43 Å². The van der Waals surface area contributed by atoms with Crippen molar-refractivity contribution in [2.75, 3.05) is 0 Å². The highest BCUT2D eigenvalue weighted by Gasteiger charge is 1.99. The lowest BCUT2D eigenvalue weighted by Gasteiger charge is -1.99. The summed E-state index contributed by atoms with van der Waals surface area (Å²) in [7, 11) is 0. The number of nitrogens with one attached hydrogen (secondary N) is 1. The molecule has 0 aliphatic heterocycles. The van der Waals surface area contributed by atoms with Gasteiger partial charge in [-0.05, 0) is 30.4 Å². The fourth-order valence-corrected chi connectivity index (χ4v) is 2.23. The average molecular weight is 252 g/mol. The molecular weight excluding hydrogens is 232 g/mol. The van der Waals surface area contributed by atoms with Gasteiger partial charge in [-0.1, -0.05) is 26.2 Å². The van der Waals surface area contributed by atoms with Crippen LogP contribution in [0.5, 0.6) is 0 Å². The number of nitrogens with zero attached hydrogens (tertiary/aromatic N) is 1. The van der Waals surface area contributed by atoms with E-state index in [0.717, 1.165) is 17.7 Å². The fraction of sp³-hybridized carbons (Fsp3) is 0.538. The topological polar surface area (TPSA) is 41.5 Å². The van der Waals surface area contributed by atoms with Gasteiger partial charge in [-0.25, -0.2) is 5.43 Å². The zero-order chi connectivity index (χ0) is 12.5. The van der Waals surface area contributed by atoms with E-state index in [1.54, 1.807) is 17.6 Å². The fourth-order valence-electron chi connectivity index (χ4n) is 1.45. The van der Waals surface area contributed by atoms with Crippen molar-refractivity contribution in [2.24, 2.45) is 5.10 Å². The number of rotatable bonds is 7. The van der Waals surface area contributed by atoms with Gasteiger partial charge in [0.25, 0.3) is 0 Å². The first kappa shape index (κ1) is 13.9. The summed E-state index contributed by atoms with van der Waals surface area (Å²) in [6, 6.07) is 2.04. The van der Waals surface area contributed by atoms with E-state index in [1.807, 2.05) is 18.4 Å². The number of carbonyl (C=O) groups excluding carboxylic acids is 1. The lowest BCUT2D eigenvalue weighted by molar-refractivity contribution is -0.121. The first-order chi connectivity index (χ1) is 8.24. The molecule has 0 aliphatic rings. The summed E-state index contributed by atoms with van der Waals surface area (Å²) < 4.78 is 0. The van der Waals surface area contributed by atoms with E-state index in [9.17, 15) is 4.79 Å². The molecule has 0 saturated carbocycles. The molecular formula is C13H20N2OS. The molecule has 0 fully saturated rings. The minimum absolute atomic E-state index is 0.00608. The third kappa shape index (κ3) is 5.63. The van der Waals surface area contributed by atoms with Crippen molar-refractivity contribution in [2.45, 2.75) is 46.0 Å². The van der Waals surface area contributed by atoms with E-state index in [1.165, 1.54) is 18.4 Å². The molecule has 0 atom stereocenters. The zero-order valence-corrected chi connectivity index (χ0v) is 11.3. The van der Waals surface area contributed by atoms with Gasteiger partial charge in [0.1, 0.15) is 0 Å². The Kier molecular flexibility index (Phi) is 6.55. The number of thiophene rings is 1. The molecule has 1 rings (SSSR count). The van der Waals surface area contributed by atoms with Crippen molar-refractivity contribution in [1.29, 1.82) is 0 Å². The summed E-state index contributed by atoms with van der Waals surface area (Å²) in [4.78, 5) is 12.5. The van der Waals surface area contributed by atoms with Gasteiger partial charge in [-0.2, -0.15) is 5.10 Å². The maximum absolute atomic E-state index is 11.4. The monoisotopic (exact) mass is 252 g/mol. The lowest BCUT2D eigenvalue weighted by atomic mass is 10.1. The lowest BCUT2D eigenvalue weighted by Crippen LogP contribution is -2.16. The van der Waals surface area contributed by atoms with Crippen LogP contribution in [-0.4, -0.2) is 12.1 Å². The second kappa shape index (κ2) is 8.01. The van der Waals surface area contributed by atoms with E-state index in [4.69, 9.17) is 0 Å². The Labute approximate surface area is 107 Å². The van der Waals surface area contributed by atoms with Gasteiger partial charge in [0.15, 0.2) is 0 Å². The van der Waals surface area contributed by atoms with Gasteiger partial charge >= 0.3 is 0 Å². The van der Waals surface area contributed by atoms with Crippen LogP contribution >= 0.6 is 11.3 Å². The molecule has 0 spiro atoms. The number of carbonyl (C=O) groups is 1. The maximum Gasteiger partial charge on any atom is 0.240 e. The van der Waals surface area contributed by atoms with E-state index in [2.05, 4.69) is 17.5 Å². The molecule has 4 heteroatoms. The van der Waals surface area contributed by atoms with Gasteiger partial charge in [-0.3, -0.25) is 4.79 Å².